The summed E-state index contributed by atoms with van der Waals surface area (Å²) in [4.78, 5) is 26.5. The highest BCUT2D eigenvalue weighted by Crippen LogP contribution is 2.45. The molecular weight excluding hydrogens is 484 g/mol. The molecule has 0 aromatic heterocycles. The van der Waals surface area contributed by atoms with Crippen molar-refractivity contribution in [2.24, 2.45) is 0 Å². The van der Waals surface area contributed by atoms with Gasteiger partial charge < -0.3 is 9.47 Å². The fourth-order valence-corrected chi connectivity index (χ4v) is 4.85. The van der Waals surface area contributed by atoms with E-state index in [2.05, 4.69) is 0 Å². The van der Waals surface area contributed by atoms with Crippen LogP contribution in [0.5, 0.6) is 11.5 Å². The third-order valence-electron chi connectivity index (χ3n) is 6.70. The van der Waals surface area contributed by atoms with Crippen LogP contribution in [0, 0.1) is 6.92 Å². The van der Waals surface area contributed by atoms with Crippen LogP contribution in [0.2, 0.25) is 0 Å². The maximum atomic E-state index is 13.3. The van der Waals surface area contributed by atoms with Gasteiger partial charge in [-0.1, -0.05) is 96.6 Å². The van der Waals surface area contributed by atoms with Gasteiger partial charge in [-0.3, -0.25) is 0 Å². The van der Waals surface area contributed by atoms with Gasteiger partial charge in [-0.05, 0) is 64.9 Å². The van der Waals surface area contributed by atoms with Crippen LogP contribution in [0.15, 0.2) is 127 Å². The summed E-state index contributed by atoms with van der Waals surface area (Å²) >= 11 is 0. The number of fused-ring (bicyclic) bond motifs is 2. The smallest absolute Gasteiger partial charge is 0.343 e. The highest BCUT2D eigenvalue weighted by atomic mass is 16.5. The van der Waals surface area contributed by atoms with Crippen molar-refractivity contribution in [2.75, 3.05) is 0 Å². The van der Waals surface area contributed by atoms with Gasteiger partial charge in [0.2, 0.25) is 0 Å². The second-order valence-corrected chi connectivity index (χ2v) is 9.33. The van der Waals surface area contributed by atoms with Gasteiger partial charge in [-0.25, -0.2) is 9.59 Å². The molecule has 39 heavy (non-hydrogen) atoms. The van der Waals surface area contributed by atoms with Crippen molar-refractivity contribution >= 4 is 33.5 Å². The van der Waals surface area contributed by atoms with Crippen LogP contribution in [0.4, 0.5) is 0 Å². The van der Waals surface area contributed by atoms with E-state index in [-0.39, 0.29) is 0 Å². The molecule has 188 valence electrons. The van der Waals surface area contributed by atoms with Crippen LogP contribution in [0.25, 0.3) is 32.7 Å². The van der Waals surface area contributed by atoms with Gasteiger partial charge in [0.25, 0.3) is 0 Å². The van der Waals surface area contributed by atoms with E-state index in [1.54, 1.807) is 48.5 Å². The van der Waals surface area contributed by atoms with E-state index in [1.807, 2.05) is 85.8 Å². The van der Waals surface area contributed by atoms with Crippen molar-refractivity contribution in [3.8, 4) is 22.6 Å². The van der Waals surface area contributed by atoms with Crippen molar-refractivity contribution in [3.05, 3.63) is 144 Å². The Morgan fingerprint density at radius 3 is 1.54 bits per heavy atom. The number of ether oxygens (including phenoxy) is 2. The molecule has 4 nitrogen and oxygen atoms in total. The number of carbonyl (C=O) groups is 2. The third kappa shape index (κ3) is 4.76. The van der Waals surface area contributed by atoms with Crippen molar-refractivity contribution in [1.82, 2.24) is 0 Å². The number of carbonyl (C=O) groups excluding carboxylic acids is 2. The highest BCUT2D eigenvalue weighted by Gasteiger charge is 2.22. The SMILES string of the molecule is Cc1cccc(C(=O)Oc2ccc3ccccc3c2-c2c(OC(=O)c3ccccc3)ccc3ccccc23)c1. The molecule has 0 spiro atoms. The number of rotatable bonds is 5. The Hall–Kier alpha value is -5.22. The second-order valence-electron chi connectivity index (χ2n) is 9.33. The Balaban J connectivity index is 1.57. The third-order valence-corrected chi connectivity index (χ3v) is 6.70. The molecule has 0 aliphatic rings. The fourth-order valence-electron chi connectivity index (χ4n) is 4.85. The van der Waals surface area contributed by atoms with E-state index in [4.69, 9.17) is 9.47 Å². The molecule has 0 aliphatic heterocycles. The van der Waals surface area contributed by atoms with E-state index in [1.165, 1.54) is 0 Å². The van der Waals surface area contributed by atoms with E-state index < -0.39 is 11.9 Å². The zero-order chi connectivity index (χ0) is 26.8. The quantitative estimate of drug-likeness (QED) is 0.173. The summed E-state index contributed by atoms with van der Waals surface area (Å²) in [5, 5.41) is 3.69. The molecule has 0 atom stereocenters. The molecule has 0 unspecified atom stereocenters. The van der Waals surface area contributed by atoms with Crippen LogP contribution in [-0.4, -0.2) is 11.9 Å². The van der Waals surface area contributed by atoms with Gasteiger partial charge in [0.05, 0.1) is 11.1 Å². The maximum Gasteiger partial charge on any atom is 0.343 e. The van der Waals surface area contributed by atoms with Crippen LogP contribution in [-0.2, 0) is 0 Å². The molecular formula is C35H24O4. The standard InChI is InChI=1S/C35H24O4/c1-23-10-9-15-27(22-23)35(37)39-31-21-19-25-12-6-8-17-29(25)33(31)32-28-16-7-5-11-24(28)18-20-30(32)38-34(36)26-13-3-2-4-14-26/h2-22H,1H3. The molecule has 6 rings (SSSR count). The predicted octanol–water partition coefficient (Wildman–Crippen LogP) is 8.41. The van der Waals surface area contributed by atoms with Crippen LogP contribution in [0.1, 0.15) is 26.3 Å². The molecule has 4 heteroatoms. The van der Waals surface area contributed by atoms with E-state index >= 15 is 0 Å². The predicted molar refractivity (Wildman–Crippen MR) is 154 cm³/mol. The summed E-state index contributed by atoms with van der Waals surface area (Å²) in [7, 11) is 0. The first-order valence-corrected chi connectivity index (χ1v) is 12.7. The normalized spacial score (nSPS) is 10.9. The number of benzene rings is 6. The van der Waals surface area contributed by atoms with Gasteiger partial charge in [0, 0.05) is 11.1 Å². The molecule has 0 fully saturated rings. The average molecular weight is 509 g/mol. The monoisotopic (exact) mass is 508 g/mol. The van der Waals surface area contributed by atoms with Gasteiger partial charge in [-0.15, -0.1) is 0 Å². The molecule has 0 saturated carbocycles. The molecule has 0 heterocycles. The van der Waals surface area contributed by atoms with Gasteiger partial charge in [0.15, 0.2) is 0 Å². The summed E-state index contributed by atoms with van der Waals surface area (Å²) in [5.41, 5.74) is 3.23. The number of hydrogen-bond donors (Lipinski definition) is 0. The van der Waals surface area contributed by atoms with Crippen LogP contribution in [0.3, 0.4) is 0 Å². The molecule has 0 bridgehead atoms. The van der Waals surface area contributed by atoms with Crippen LogP contribution < -0.4 is 9.47 Å². The second kappa shape index (κ2) is 10.3. The molecule has 0 N–H and O–H groups in total. The minimum Gasteiger partial charge on any atom is -0.422 e. The van der Waals surface area contributed by atoms with Crippen molar-refractivity contribution in [2.45, 2.75) is 6.92 Å². The Morgan fingerprint density at radius 1 is 0.487 bits per heavy atom. The summed E-state index contributed by atoms with van der Waals surface area (Å²) in [6.07, 6.45) is 0. The minimum atomic E-state index is -0.467. The fraction of sp³-hybridized carbons (Fsp3) is 0.0286. The lowest BCUT2D eigenvalue weighted by molar-refractivity contribution is 0.0723. The van der Waals surface area contributed by atoms with Gasteiger partial charge in [-0.2, -0.15) is 0 Å². The molecule has 6 aromatic carbocycles. The van der Waals surface area contributed by atoms with Gasteiger partial charge >= 0.3 is 11.9 Å². The molecule has 0 radical (unpaired) electrons. The number of esters is 2. The first-order valence-electron chi connectivity index (χ1n) is 12.7. The zero-order valence-electron chi connectivity index (χ0n) is 21.3. The van der Waals surface area contributed by atoms with Crippen molar-refractivity contribution in [1.29, 1.82) is 0 Å². The van der Waals surface area contributed by atoms with E-state index in [0.29, 0.717) is 33.8 Å². The molecule has 0 saturated heterocycles. The lowest BCUT2D eigenvalue weighted by atomic mass is 9.92. The summed E-state index contributed by atoms with van der Waals surface area (Å²) in [6, 6.07) is 39.4. The lowest BCUT2D eigenvalue weighted by Crippen LogP contribution is -2.11. The number of aryl methyl sites for hydroxylation is 1. The Morgan fingerprint density at radius 2 is 0.974 bits per heavy atom. The minimum absolute atomic E-state index is 0.381. The first kappa shape index (κ1) is 24.1. The summed E-state index contributed by atoms with van der Waals surface area (Å²) in [5.74, 6) is -0.163. The molecule has 0 amide bonds. The highest BCUT2D eigenvalue weighted by molar-refractivity contribution is 6.11. The Kier molecular flexibility index (Phi) is 6.36. The van der Waals surface area contributed by atoms with E-state index in [9.17, 15) is 9.59 Å². The summed E-state index contributed by atoms with van der Waals surface area (Å²) in [6.45, 7) is 1.93. The average Bonchev–Trinajstić information content (AvgIpc) is 2.97. The van der Waals surface area contributed by atoms with Crippen molar-refractivity contribution in [3.63, 3.8) is 0 Å². The largest absolute Gasteiger partial charge is 0.422 e. The van der Waals surface area contributed by atoms with Crippen molar-refractivity contribution < 1.29 is 19.1 Å². The van der Waals surface area contributed by atoms with Gasteiger partial charge in [0.1, 0.15) is 11.5 Å². The Bertz CT molecular complexity index is 1850. The first-order chi connectivity index (χ1) is 19.1. The zero-order valence-corrected chi connectivity index (χ0v) is 21.3. The number of hydrogen-bond acceptors (Lipinski definition) is 4. The van der Waals surface area contributed by atoms with Crippen LogP contribution >= 0.6 is 0 Å². The Labute approximate surface area is 226 Å². The topological polar surface area (TPSA) is 52.6 Å². The molecule has 6 aromatic rings. The molecule has 0 aliphatic carbocycles. The maximum absolute atomic E-state index is 13.3. The van der Waals surface area contributed by atoms with E-state index in [0.717, 1.165) is 27.1 Å². The lowest BCUT2D eigenvalue weighted by Gasteiger charge is -2.18. The summed E-state index contributed by atoms with van der Waals surface area (Å²) < 4.78 is 12.1.